The minimum Gasteiger partial charge on any atom is -0.372 e. The first-order valence-corrected chi connectivity index (χ1v) is 12.7. The summed E-state index contributed by atoms with van der Waals surface area (Å²) >= 11 is 2.96. The minimum atomic E-state index is -0.686. The van der Waals surface area contributed by atoms with Crippen molar-refractivity contribution in [1.29, 1.82) is 0 Å². The van der Waals surface area contributed by atoms with Crippen molar-refractivity contribution in [2.75, 3.05) is 18.0 Å². The van der Waals surface area contributed by atoms with E-state index in [9.17, 15) is 14.4 Å². The second kappa shape index (κ2) is 9.11. The molecular weight excluding hydrogens is 456 g/mol. The molecule has 8 heteroatoms. The lowest BCUT2D eigenvalue weighted by atomic mass is 9.98. The van der Waals surface area contributed by atoms with Gasteiger partial charge >= 0.3 is 5.97 Å². The lowest BCUT2D eigenvalue weighted by molar-refractivity contribution is -0.172. The van der Waals surface area contributed by atoms with Gasteiger partial charge in [-0.05, 0) is 60.7 Å². The van der Waals surface area contributed by atoms with Gasteiger partial charge in [0.1, 0.15) is 4.88 Å². The Kier molecular flexibility index (Phi) is 6.03. The number of imide groups is 1. The smallest absolute Gasteiger partial charge is 0.372 e. The average molecular weight is 481 g/mol. The Morgan fingerprint density at radius 2 is 1.45 bits per heavy atom. The zero-order chi connectivity index (χ0) is 22.9. The summed E-state index contributed by atoms with van der Waals surface area (Å²) < 4.78 is 0. The van der Waals surface area contributed by atoms with E-state index in [1.807, 2.05) is 6.07 Å². The molecule has 2 aliphatic rings. The number of carbonyl (C=O) groups is 3. The molecule has 0 spiro atoms. The maximum absolute atomic E-state index is 12.4. The molecule has 0 aliphatic carbocycles. The van der Waals surface area contributed by atoms with Crippen LogP contribution in [0.4, 0.5) is 5.69 Å². The van der Waals surface area contributed by atoms with Gasteiger partial charge in [0.15, 0.2) is 0 Å². The fraction of sp³-hybridized carbons (Fsp3) is 0.320. The van der Waals surface area contributed by atoms with Gasteiger partial charge in [0.2, 0.25) is 0 Å². The third kappa shape index (κ3) is 4.58. The second-order valence-corrected chi connectivity index (χ2v) is 10.7. The summed E-state index contributed by atoms with van der Waals surface area (Å²) in [5.41, 5.74) is 2.45. The lowest BCUT2D eigenvalue weighted by Crippen LogP contribution is -2.32. The molecule has 3 aromatic rings. The SMILES string of the molecule is CC1CCN(c2ccc(-c3ccc(-c4ccc(C(=O)ON5C(=O)CCC5=O)s4)s3)cc2)CC1. The van der Waals surface area contributed by atoms with Crippen molar-refractivity contribution in [2.24, 2.45) is 5.92 Å². The van der Waals surface area contributed by atoms with Crippen molar-refractivity contribution >= 4 is 46.1 Å². The van der Waals surface area contributed by atoms with E-state index in [0.29, 0.717) is 9.94 Å². The van der Waals surface area contributed by atoms with Crippen LogP contribution in [0.1, 0.15) is 42.3 Å². The first-order valence-electron chi connectivity index (χ1n) is 11.1. The van der Waals surface area contributed by atoms with Crippen LogP contribution in [0.5, 0.6) is 0 Å². The van der Waals surface area contributed by atoms with E-state index in [0.717, 1.165) is 33.6 Å². The molecule has 4 heterocycles. The molecule has 5 rings (SSSR count). The Labute approximate surface area is 200 Å². The molecule has 0 bridgehead atoms. The van der Waals surface area contributed by atoms with E-state index < -0.39 is 17.8 Å². The number of carbonyl (C=O) groups excluding carboxylic acids is 3. The van der Waals surface area contributed by atoms with Gasteiger partial charge in [-0.25, -0.2) is 4.79 Å². The number of anilines is 1. The van der Waals surface area contributed by atoms with Crippen molar-refractivity contribution < 1.29 is 19.2 Å². The van der Waals surface area contributed by atoms with Gasteiger partial charge in [0.25, 0.3) is 11.8 Å². The van der Waals surface area contributed by atoms with Crippen LogP contribution in [0.2, 0.25) is 0 Å². The first-order chi connectivity index (χ1) is 16.0. The Hall–Kier alpha value is -2.97. The molecule has 0 unspecified atom stereocenters. The molecular formula is C25H24N2O4S2. The predicted octanol–water partition coefficient (Wildman–Crippen LogP) is 5.60. The van der Waals surface area contributed by atoms with Crippen LogP contribution in [0, 0.1) is 5.92 Å². The van der Waals surface area contributed by atoms with Crippen LogP contribution >= 0.6 is 22.7 Å². The fourth-order valence-corrected chi connectivity index (χ4v) is 6.07. The highest BCUT2D eigenvalue weighted by molar-refractivity contribution is 7.24. The van der Waals surface area contributed by atoms with E-state index in [1.165, 1.54) is 35.4 Å². The van der Waals surface area contributed by atoms with Gasteiger partial charge in [0.05, 0.1) is 0 Å². The number of amides is 2. The molecule has 0 radical (unpaired) electrons. The van der Waals surface area contributed by atoms with Crippen LogP contribution in [0.15, 0.2) is 48.5 Å². The zero-order valence-electron chi connectivity index (χ0n) is 18.3. The van der Waals surface area contributed by atoms with Gasteiger partial charge in [-0.3, -0.25) is 9.59 Å². The van der Waals surface area contributed by atoms with Crippen LogP contribution < -0.4 is 4.90 Å². The number of hydrogen-bond acceptors (Lipinski definition) is 7. The molecule has 1 aromatic carbocycles. The maximum atomic E-state index is 12.4. The Morgan fingerprint density at radius 1 is 0.848 bits per heavy atom. The molecule has 0 saturated carbocycles. The topological polar surface area (TPSA) is 66.9 Å². The van der Waals surface area contributed by atoms with E-state index in [1.54, 1.807) is 17.4 Å². The van der Waals surface area contributed by atoms with Crippen molar-refractivity contribution in [2.45, 2.75) is 32.6 Å². The highest BCUT2D eigenvalue weighted by Gasteiger charge is 2.33. The lowest BCUT2D eigenvalue weighted by Gasteiger charge is -2.32. The summed E-state index contributed by atoms with van der Waals surface area (Å²) in [7, 11) is 0. The Balaban J connectivity index is 1.26. The fourth-order valence-electron chi connectivity index (χ4n) is 4.09. The van der Waals surface area contributed by atoms with E-state index in [2.05, 4.69) is 48.2 Å². The summed E-state index contributed by atoms with van der Waals surface area (Å²) in [4.78, 5) is 46.7. The Morgan fingerprint density at radius 3 is 2.15 bits per heavy atom. The monoisotopic (exact) mass is 480 g/mol. The average Bonchev–Trinajstić information content (AvgIpc) is 3.57. The van der Waals surface area contributed by atoms with Crippen molar-refractivity contribution in [3.05, 3.63) is 53.4 Å². The molecule has 2 amide bonds. The second-order valence-electron chi connectivity index (χ2n) is 8.50. The minimum absolute atomic E-state index is 0.0813. The number of piperidine rings is 1. The van der Waals surface area contributed by atoms with Crippen LogP contribution in [-0.2, 0) is 14.4 Å². The molecule has 0 atom stereocenters. The van der Waals surface area contributed by atoms with E-state index in [-0.39, 0.29) is 12.8 Å². The molecule has 2 aromatic heterocycles. The summed E-state index contributed by atoms with van der Waals surface area (Å²) in [5.74, 6) is -0.827. The summed E-state index contributed by atoms with van der Waals surface area (Å²) in [6.07, 6.45) is 2.66. The summed E-state index contributed by atoms with van der Waals surface area (Å²) in [5, 5.41) is 0.582. The molecule has 6 nitrogen and oxygen atoms in total. The van der Waals surface area contributed by atoms with Crippen LogP contribution in [0.3, 0.4) is 0 Å². The molecule has 0 N–H and O–H groups in total. The number of benzene rings is 1. The van der Waals surface area contributed by atoms with Gasteiger partial charge < -0.3 is 9.74 Å². The summed E-state index contributed by atoms with van der Waals surface area (Å²) in [6.45, 7) is 4.56. The molecule has 33 heavy (non-hydrogen) atoms. The molecule has 2 fully saturated rings. The normalized spacial score (nSPS) is 17.1. The molecule has 2 aliphatic heterocycles. The van der Waals surface area contributed by atoms with Crippen molar-refractivity contribution in [1.82, 2.24) is 5.06 Å². The standard InChI is InChI=1S/C25H24N2O4S2/c1-16-12-14-26(15-13-16)18-4-2-17(3-5-18)19-6-7-20(32-19)21-8-9-22(33-21)25(30)31-27-23(28)10-11-24(27)29/h2-9,16H,10-15H2,1H3. The third-order valence-electron chi connectivity index (χ3n) is 6.14. The Bertz CT molecular complexity index is 1170. The number of nitrogens with zero attached hydrogens (tertiary/aromatic N) is 2. The maximum Gasteiger partial charge on any atom is 0.373 e. The van der Waals surface area contributed by atoms with E-state index in [4.69, 9.17) is 4.84 Å². The third-order valence-corrected chi connectivity index (χ3v) is 8.53. The van der Waals surface area contributed by atoms with Crippen LogP contribution in [-0.4, -0.2) is 35.9 Å². The number of hydroxylamine groups is 2. The largest absolute Gasteiger partial charge is 0.373 e. The van der Waals surface area contributed by atoms with E-state index >= 15 is 0 Å². The van der Waals surface area contributed by atoms with Gasteiger partial charge in [0, 0.05) is 46.2 Å². The number of rotatable bonds is 5. The molecule has 2 saturated heterocycles. The first kappa shape index (κ1) is 21.9. The highest BCUT2D eigenvalue weighted by atomic mass is 32.1. The van der Waals surface area contributed by atoms with Gasteiger partial charge in [-0.2, -0.15) is 0 Å². The predicted molar refractivity (Wildman–Crippen MR) is 130 cm³/mol. The van der Waals surface area contributed by atoms with Gasteiger partial charge in [-0.15, -0.1) is 27.7 Å². The van der Waals surface area contributed by atoms with Gasteiger partial charge in [-0.1, -0.05) is 19.1 Å². The number of hydrogen-bond donors (Lipinski definition) is 0. The zero-order valence-corrected chi connectivity index (χ0v) is 19.9. The molecule has 170 valence electrons. The number of thiophene rings is 2. The summed E-state index contributed by atoms with van der Waals surface area (Å²) in [6, 6.07) is 16.4. The quantitative estimate of drug-likeness (QED) is 0.445. The van der Waals surface area contributed by atoms with Crippen LogP contribution in [0.25, 0.3) is 20.2 Å². The van der Waals surface area contributed by atoms with Crippen molar-refractivity contribution in [3.63, 3.8) is 0 Å². The van der Waals surface area contributed by atoms with Crippen molar-refractivity contribution in [3.8, 4) is 20.2 Å². The highest BCUT2D eigenvalue weighted by Crippen LogP contribution is 2.38.